The number of rotatable bonds is 3. The van der Waals surface area contributed by atoms with Crippen molar-refractivity contribution in [2.24, 2.45) is 0 Å². The molecular formula is C23H27BN2Sn. The Labute approximate surface area is 171 Å². The maximum absolute atomic E-state index is 2.29. The van der Waals surface area contributed by atoms with Gasteiger partial charge in [0.05, 0.1) is 0 Å². The van der Waals surface area contributed by atoms with Crippen molar-refractivity contribution in [3.05, 3.63) is 91.0 Å². The molecule has 1 aliphatic rings. The van der Waals surface area contributed by atoms with Crippen LogP contribution in [-0.4, -0.2) is 64.1 Å². The zero-order valence-electron chi connectivity index (χ0n) is 16.3. The van der Waals surface area contributed by atoms with E-state index < -0.39 is 19.8 Å². The van der Waals surface area contributed by atoms with Crippen LogP contribution in [-0.2, 0) is 0 Å². The van der Waals surface area contributed by atoms with Crippen LogP contribution in [0.5, 0.6) is 0 Å². The van der Waals surface area contributed by atoms with Crippen molar-refractivity contribution in [1.29, 1.82) is 0 Å². The van der Waals surface area contributed by atoms with Gasteiger partial charge in [0.15, 0.2) is 0 Å². The quantitative estimate of drug-likeness (QED) is 0.552. The van der Waals surface area contributed by atoms with E-state index in [2.05, 4.69) is 122 Å². The second kappa shape index (κ2) is 10.7. The fourth-order valence-electron chi connectivity index (χ4n) is 3.34. The molecule has 1 fully saturated rings. The third-order valence-electron chi connectivity index (χ3n) is 4.60. The van der Waals surface area contributed by atoms with Gasteiger partial charge in [-0.25, -0.2) is 0 Å². The third kappa shape index (κ3) is 6.23. The molecule has 3 aromatic carbocycles. The molecule has 3 aromatic rings. The summed E-state index contributed by atoms with van der Waals surface area (Å²) in [5, 5.41) is 0. The van der Waals surface area contributed by atoms with E-state index in [0.29, 0.717) is 0 Å². The van der Waals surface area contributed by atoms with Gasteiger partial charge in [0, 0.05) is 0 Å². The molecule has 1 heterocycles. The summed E-state index contributed by atoms with van der Waals surface area (Å²) in [5.74, 6) is 0. The van der Waals surface area contributed by atoms with Gasteiger partial charge in [0.25, 0.3) is 0 Å². The first-order valence-corrected chi connectivity index (χ1v) is 13.8. The average molecular weight is 461 g/mol. The molecule has 0 spiro atoms. The molecule has 0 N–H and O–H groups in total. The van der Waals surface area contributed by atoms with Crippen molar-refractivity contribution in [1.82, 2.24) is 9.62 Å². The summed E-state index contributed by atoms with van der Waals surface area (Å²) in [5.41, 5.74) is 0. The summed E-state index contributed by atoms with van der Waals surface area (Å²) < 4.78 is 4.59. The molecule has 1 saturated heterocycles. The summed E-state index contributed by atoms with van der Waals surface area (Å²) in [7, 11) is 6.36. The van der Waals surface area contributed by atoms with Crippen molar-refractivity contribution < 1.29 is 0 Å². The van der Waals surface area contributed by atoms with Crippen LogP contribution in [0, 0.1) is 0 Å². The van der Waals surface area contributed by atoms with Gasteiger partial charge in [-0.15, -0.1) is 0 Å². The van der Waals surface area contributed by atoms with Crippen molar-refractivity contribution in [3.63, 3.8) is 0 Å². The predicted molar refractivity (Wildman–Crippen MR) is 120 cm³/mol. The van der Waals surface area contributed by atoms with E-state index in [1.54, 1.807) is 0 Å². The summed E-state index contributed by atoms with van der Waals surface area (Å²) in [4.78, 5) is 4.42. The molecule has 4 rings (SSSR count). The molecule has 0 saturated carbocycles. The van der Waals surface area contributed by atoms with Crippen LogP contribution in [0.2, 0.25) is 0 Å². The van der Waals surface area contributed by atoms with Crippen LogP contribution in [0.15, 0.2) is 91.0 Å². The second-order valence-corrected chi connectivity index (χ2v) is 14.0. The van der Waals surface area contributed by atoms with Crippen molar-refractivity contribution in [2.75, 3.05) is 27.2 Å². The zero-order chi connectivity index (χ0) is 18.9. The van der Waals surface area contributed by atoms with Gasteiger partial charge in [-0.1, -0.05) is 0 Å². The number of hydrogen-bond donors (Lipinski definition) is 0. The Morgan fingerprint density at radius 3 is 1.19 bits per heavy atom. The molecule has 0 aromatic heterocycles. The topological polar surface area (TPSA) is 6.48 Å². The SMILES string of the molecule is CN1[B]N(C)CCC1.c1cc[c]([Sn]([c]2ccccc2)[c]2ccccc2)cc1. The monoisotopic (exact) mass is 462 g/mol. The van der Waals surface area contributed by atoms with Gasteiger partial charge in [0.1, 0.15) is 0 Å². The van der Waals surface area contributed by atoms with E-state index in [0.717, 1.165) is 0 Å². The molecule has 4 heteroatoms. The molecule has 0 bridgehead atoms. The van der Waals surface area contributed by atoms with Crippen molar-refractivity contribution >= 4 is 38.0 Å². The molecular weight excluding hydrogens is 434 g/mol. The first-order chi connectivity index (χ1) is 13.2. The van der Waals surface area contributed by atoms with Crippen molar-refractivity contribution in [2.45, 2.75) is 6.42 Å². The van der Waals surface area contributed by atoms with Crippen LogP contribution in [0.4, 0.5) is 0 Å². The first kappa shape index (κ1) is 20.2. The molecule has 0 unspecified atom stereocenters. The van der Waals surface area contributed by atoms with E-state index in [-0.39, 0.29) is 0 Å². The first-order valence-electron chi connectivity index (χ1n) is 9.53. The van der Waals surface area contributed by atoms with E-state index in [4.69, 9.17) is 0 Å². The Morgan fingerprint density at radius 2 is 0.926 bits per heavy atom. The summed E-state index contributed by atoms with van der Waals surface area (Å²) in [6.45, 7) is 2.43. The van der Waals surface area contributed by atoms with Gasteiger partial charge < -0.3 is 9.62 Å². The Balaban J connectivity index is 0.000000221. The van der Waals surface area contributed by atoms with E-state index in [1.807, 2.05) is 0 Å². The van der Waals surface area contributed by atoms with Crippen LogP contribution >= 0.6 is 0 Å². The van der Waals surface area contributed by atoms with Gasteiger partial charge in [-0.2, -0.15) is 0 Å². The van der Waals surface area contributed by atoms with Crippen molar-refractivity contribution in [3.8, 4) is 0 Å². The molecule has 2 nitrogen and oxygen atoms in total. The molecule has 2 radical (unpaired) electrons. The Hall–Kier alpha value is -1.56. The summed E-state index contributed by atoms with van der Waals surface area (Å²) in [6, 6.07) is 32.9. The Kier molecular flexibility index (Phi) is 7.99. The van der Waals surface area contributed by atoms with E-state index in [1.165, 1.54) is 30.2 Å². The number of benzene rings is 3. The standard InChI is InChI=1S/3C6H5.C5H12BN2.Sn/c3*1-2-4-6-5-3-1;1-7-4-3-5-8(2)6-7;/h3*1-5H;3-5H2,1-2H3;. The minimum absolute atomic E-state index is 1.21. The van der Waals surface area contributed by atoms with Gasteiger partial charge in [-0.3, -0.25) is 0 Å². The fraction of sp³-hybridized carbons (Fsp3) is 0.217. The van der Waals surface area contributed by atoms with Gasteiger partial charge >= 0.3 is 129 Å². The van der Waals surface area contributed by atoms with E-state index >= 15 is 0 Å². The Morgan fingerprint density at radius 1 is 0.593 bits per heavy atom. The zero-order valence-corrected chi connectivity index (χ0v) is 19.1. The van der Waals surface area contributed by atoms with Crippen LogP contribution in [0.25, 0.3) is 0 Å². The number of nitrogens with zero attached hydrogens (tertiary/aromatic N) is 2. The molecule has 0 amide bonds. The maximum atomic E-state index is 2.29. The molecule has 0 atom stereocenters. The Bertz CT molecular complexity index is 681. The molecule has 0 aliphatic carbocycles. The van der Waals surface area contributed by atoms with Crippen LogP contribution in [0.1, 0.15) is 6.42 Å². The normalized spacial score (nSPS) is 14.9. The summed E-state index contributed by atoms with van der Waals surface area (Å²) in [6.07, 6.45) is 1.30. The second-order valence-electron chi connectivity index (χ2n) is 6.90. The van der Waals surface area contributed by atoms with Crippen LogP contribution < -0.4 is 10.7 Å². The van der Waals surface area contributed by atoms with Gasteiger partial charge in [-0.05, 0) is 33.6 Å². The molecule has 136 valence electrons. The van der Waals surface area contributed by atoms with Crippen LogP contribution in [0.3, 0.4) is 0 Å². The predicted octanol–water partition coefficient (Wildman–Crippen LogP) is 1.99. The van der Waals surface area contributed by atoms with E-state index in [9.17, 15) is 0 Å². The molecule has 27 heavy (non-hydrogen) atoms. The van der Waals surface area contributed by atoms with Gasteiger partial charge in [0.2, 0.25) is 0 Å². The third-order valence-corrected chi connectivity index (χ3v) is 12.4. The number of hydrogen-bond acceptors (Lipinski definition) is 2. The molecule has 1 aliphatic heterocycles. The fourth-order valence-corrected chi connectivity index (χ4v) is 10.7. The minimum atomic E-state index is -1.98. The summed E-state index contributed by atoms with van der Waals surface area (Å²) >= 11 is -1.98. The average Bonchev–Trinajstić information content (AvgIpc) is 2.71.